The van der Waals surface area contributed by atoms with E-state index in [0.29, 0.717) is 25.1 Å². The molecule has 0 spiro atoms. The molecular formula is C27H37N3O4S. The summed E-state index contributed by atoms with van der Waals surface area (Å²) in [4.78, 5) is 27.9. The van der Waals surface area contributed by atoms with E-state index in [0.717, 1.165) is 31.2 Å². The summed E-state index contributed by atoms with van der Waals surface area (Å²) in [6.07, 6.45) is 6.54. The molecule has 1 aliphatic carbocycles. The lowest BCUT2D eigenvalue weighted by molar-refractivity contribution is -0.140. The number of rotatable bonds is 12. The smallest absolute Gasteiger partial charge is 0.242 e. The van der Waals surface area contributed by atoms with E-state index in [2.05, 4.69) is 5.32 Å². The van der Waals surface area contributed by atoms with Gasteiger partial charge in [0.25, 0.3) is 0 Å². The van der Waals surface area contributed by atoms with Crippen LogP contribution in [-0.4, -0.2) is 56.6 Å². The lowest BCUT2D eigenvalue weighted by atomic mass is 10.1. The summed E-state index contributed by atoms with van der Waals surface area (Å²) in [6, 6.07) is 18.4. The molecule has 1 unspecified atom stereocenters. The van der Waals surface area contributed by atoms with Crippen molar-refractivity contribution >= 4 is 27.5 Å². The molecule has 1 fully saturated rings. The summed E-state index contributed by atoms with van der Waals surface area (Å²) in [5, 5.41) is 3.11. The topological polar surface area (TPSA) is 86.8 Å². The number of carbonyl (C=O) groups is 2. The van der Waals surface area contributed by atoms with Crippen molar-refractivity contribution < 1.29 is 18.0 Å². The number of amides is 2. The molecule has 0 heterocycles. The van der Waals surface area contributed by atoms with Crippen molar-refractivity contribution in [1.82, 2.24) is 10.2 Å². The molecule has 0 saturated heterocycles. The number of sulfonamides is 1. The van der Waals surface area contributed by atoms with E-state index in [1.807, 2.05) is 36.4 Å². The normalized spacial score (nSPS) is 14.9. The number of nitrogens with one attached hydrogen (secondary N) is 1. The molecule has 190 valence electrons. The predicted octanol–water partition coefficient (Wildman–Crippen LogP) is 3.75. The molecule has 1 saturated carbocycles. The van der Waals surface area contributed by atoms with E-state index < -0.39 is 16.1 Å². The Balaban J connectivity index is 1.65. The monoisotopic (exact) mass is 499 g/mol. The number of hydrogen-bond donors (Lipinski definition) is 1. The van der Waals surface area contributed by atoms with Crippen LogP contribution < -0.4 is 9.62 Å². The molecular weight excluding hydrogens is 462 g/mol. The number of para-hydroxylation sites is 1. The first-order valence-electron chi connectivity index (χ1n) is 12.4. The van der Waals surface area contributed by atoms with Crippen LogP contribution in [0.2, 0.25) is 0 Å². The van der Waals surface area contributed by atoms with Crippen molar-refractivity contribution in [3.05, 3.63) is 66.2 Å². The number of nitrogens with zero attached hydrogens (tertiary/aromatic N) is 2. The third-order valence-corrected chi connectivity index (χ3v) is 7.74. The maximum Gasteiger partial charge on any atom is 0.242 e. The quantitative estimate of drug-likeness (QED) is 0.482. The van der Waals surface area contributed by atoms with Crippen LogP contribution in [-0.2, 0) is 26.0 Å². The van der Waals surface area contributed by atoms with Crippen LogP contribution in [0.4, 0.5) is 5.69 Å². The molecule has 0 radical (unpaired) electrons. The second-order valence-electron chi connectivity index (χ2n) is 9.26. The number of anilines is 1. The maximum absolute atomic E-state index is 13.3. The van der Waals surface area contributed by atoms with Crippen LogP contribution in [0.5, 0.6) is 0 Å². The van der Waals surface area contributed by atoms with Crippen LogP contribution in [0, 0.1) is 0 Å². The Morgan fingerprint density at radius 1 is 0.971 bits per heavy atom. The van der Waals surface area contributed by atoms with Crippen molar-refractivity contribution in [3.63, 3.8) is 0 Å². The van der Waals surface area contributed by atoms with Crippen molar-refractivity contribution in [2.75, 3.05) is 23.7 Å². The number of carbonyl (C=O) groups excluding carboxylic acids is 2. The average molecular weight is 500 g/mol. The Bertz CT molecular complexity index is 1050. The first-order chi connectivity index (χ1) is 16.8. The minimum absolute atomic E-state index is 0.125. The number of benzene rings is 2. The summed E-state index contributed by atoms with van der Waals surface area (Å²) >= 11 is 0. The van der Waals surface area contributed by atoms with Gasteiger partial charge in [0.15, 0.2) is 0 Å². The molecule has 0 bridgehead atoms. The van der Waals surface area contributed by atoms with Crippen molar-refractivity contribution in [2.24, 2.45) is 0 Å². The molecule has 35 heavy (non-hydrogen) atoms. The first kappa shape index (κ1) is 26.7. The fraction of sp³-hybridized carbons (Fsp3) is 0.481. The second kappa shape index (κ2) is 12.7. The molecule has 2 amide bonds. The van der Waals surface area contributed by atoms with Gasteiger partial charge in [0.1, 0.15) is 6.04 Å². The highest BCUT2D eigenvalue weighted by molar-refractivity contribution is 7.92. The third-order valence-electron chi connectivity index (χ3n) is 6.55. The summed E-state index contributed by atoms with van der Waals surface area (Å²) < 4.78 is 26.0. The van der Waals surface area contributed by atoms with Crippen LogP contribution in [0.15, 0.2) is 60.7 Å². The minimum atomic E-state index is -3.48. The highest BCUT2D eigenvalue weighted by Crippen LogP contribution is 2.20. The summed E-state index contributed by atoms with van der Waals surface area (Å²) in [7, 11) is -3.48. The van der Waals surface area contributed by atoms with Crippen molar-refractivity contribution in [2.45, 2.75) is 64.0 Å². The predicted molar refractivity (Wildman–Crippen MR) is 140 cm³/mol. The Labute approximate surface area is 209 Å². The SMILES string of the molecule is CC(C(=O)NC1CCCC1)N(CCc1ccccc1)C(=O)CCCN(c1ccccc1)S(C)(=O)=O. The van der Waals surface area contributed by atoms with Gasteiger partial charge >= 0.3 is 0 Å². The summed E-state index contributed by atoms with van der Waals surface area (Å²) in [6.45, 7) is 2.40. The van der Waals surface area contributed by atoms with E-state index in [-0.39, 0.29) is 30.8 Å². The molecule has 1 atom stereocenters. The van der Waals surface area contributed by atoms with Gasteiger partial charge in [0, 0.05) is 25.6 Å². The van der Waals surface area contributed by atoms with E-state index in [1.54, 1.807) is 36.1 Å². The molecule has 0 aliphatic heterocycles. The van der Waals surface area contributed by atoms with E-state index in [9.17, 15) is 18.0 Å². The molecule has 1 aliphatic rings. The lowest BCUT2D eigenvalue weighted by Crippen LogP contribution is -2.50. The van der Waals surface area contributed by atoms with E-state index >= 15 is 0 Å². The Hall–Kier alpha value is -2.87. The van der Waals surface area contributed by atoms with Crippen LogP contribution in [0.25, 0.3) is 0 Å². The first-order valence-corrected chi connectivity index (χ1v) is 14.3. The lowest BCUT2D eigenvalue weighted by Gasteiger charge is -2.30. The fourth-order valence-electron chi connectivity index (χ4n) is 4.56. The van der Waals surface area contributed by atoms with Gasteiger partial charge < -0.3 is 10.2 Å². The fourth-order valence-corrected chi connectivity index (χ4v) is 5.53. The molecule has 7 nitrogen and oxygen atoms in total. The highest BCUT2D eigenvalue weighted by Gasteiger charge is 2.28. The van der Waals surface area contributed by atoms with Gasteiger partial charge in [-0.05, 0) is 50.3 Å². The molecule has 8 heteroatoms. The zero-order valence-electron chi connectivity index (χ0n) is 20.7. The van der Waals surface area contributed by atoms with Crippen molar-refractivity contribution in [3.8, 4) is 0 Å². The Morgan fingerprint density at radius 2 is 1.57 bits per heavy atom. The van der Waals surface area contributed by atoms with Gasteiger partial charge in [0.2, 0.25) is 21.8 Å². The van der Waals surface area contributed by atoms with Crippen LogP contribution in [0.1, 0.15) is 51.0 Å². The number of hydrogen-bond acceptors (Lipinski definition) is 4. The largest absolute Gasteiger partial charge is 0.352 e. The molecule has 1 N–H and O–H groups in total. The maximum atomic E-state index is 13.3. The third kappa shape index (κ3) is 8.09. The Morgan fingerprint density at radius 3 is 2.17 bits per heavy atom. The highest BCUT2D eigenvalue weighted by atomic mass is 32.2. The molecule has 3 rings (SSSR count). The molecule has 0 aromatic heterocycles. The van der Waals surface area contributed by atoms with Crippen LogP contribution >= 0.6 is 0 Å². The average Bonchev–Trinajstić information content (AvgIpc) is 3.35. The zero-order valence-corrected chi connectivity index (χ0v) is 21.5. The van der Waals surface area contributed by atoms with E-state index in [4.69, 9.17) is 0 Å². The van der Waals surface area contributed by atoms with Crippen molar-refractivity contribution in [1.29, 1.82) is 0 Å². The van der Waals surface area contributed by atoms with Gasteiger partial charge in [-0.25, -0.2) is 8.42 Å². The molecule has 2 aromatic carbocycles. The van der Waals surface area contributed by atoms with Crippen LogP contribution in [0.3, 0.4) is 0 Å². The van der Waals surface area contributed by atoms with Gasteiger partial charge in [-0.3, -0.25) is 13.9 Å². The summed E-state index contributed by atoms with van der Waals surface area (Å²) in [5.74, 6) is -0.267. The molecule has 2 aromatic rings. The zero-order chi connectivity index (χ0) is 25.3. The van der Waals surface area contributed by atoms with E-state index in [1.165, 1.54) is 10.6 Å². The van der Waals surface area contributed by atoms with Gasteiger partial charge in [-0.1, -0.05) is 61.4 Å². The van der Waals surface area contributed by atoms with Gasteiger partial charge in [0.05, 0.1) is 11.9 Å². The van der Waals surface area contributed by atoms with Gasteiger partial charge in [-0.15, -0.1) is 0 Å². The Kier molecular flexibility index (Phi) is 9.72. The summed E-state index contributed by atoms with van der Waals surface area (Å²) in [5.41, 5.74) is 1.67. The standard InChI is InChI=1S/C27H37N3O4S/c1-22(27(32)28-24-14-9-10-15-24)29(21-19-23-12-5-3-6-13-23)26(31)18-11-20-30(35(2,33)34)25-16-7-4-8-17-25/h3-8,12-13,16-17,22,24H,9-11,14-15,18-21H2,1-2H3,(H,28,32). The van der Waals surface area contributed by atoms with Gasteiger partial charge in [-0.2, -0.15) is 0 Å². The minimum Gasteiger partial charge on any atom is -0.352 e. The second-order valence-corrected chi connectivity index (χ2v) is 11.2.